The molecule has 0 bridgehead atoms. The normalized spacial score (nSPS) is 10.0. The highest BCUT2D eigenvalue weighted by Crippen LogP contribution is 2.24. The molecule has 10 heteroatoms. The maximum absolute atomic E-state index is 11.6. The van der Waals surface area contributed by atoms with Crippen LogP contribution in [-0.2, 0) is 4.79 Å². The summed E-state index contributed by atoms with van der Waals surface area (Å²) in [6.45, 7) is 4.19. The molecule has 0 aliphatic rings. The number of carbonyl (C=O) groups is 2. The van der Waals surface area contributed by atoms with E-state index >= 15 is 0 Å². The average molecular weight is 339 g/mol. The Morgan fingerprint density at radius 2 is 2.27 bits per heavy atom. The van der Waals surface area contributed by atoms with Crippen molar-refractivity contribution in [1.82, 2.24) is 21.0 Å². The minimum absolute atomic E-state index is 0.106. The number of nitrogens with one attached hydrogen (secondary N) is 3. The van der Waals surface area contributed by atoms with Crippen molar-refractivity contribution in [3.63, 3.8) is 0 Å². The third-order valence-corrected chi connectivity index (χ3v) is 4.21. The molecule has 22 heavy (non-hydrogen) atoms. The first-order valence-corrected chi connectivity index (χ1v) is 7.93. The van der Waals surface area contributed by atoms with Gasteiger partial charge in [-0.1, -0.05) is 29.2 Å². The Bertz CT molecular complexity index is 641. The van der Waals surface area contributed by atoms with E-state index in [4.69, 9.17) is 4.42 Å². The molecule has 116 valence electrons. The van der Waals surface area contributed by atoms with Crippen LogP contribution in [-0.4, -0.2) is 34.3 Å². The van der Waals surface area contributed by atoms with Crippen LogP contribution in [0.15, 0.2) is 39.8 Å². The van der Waals surface area contributed by atoms with Crippen LogP contribution in [0.2, 0.25) is 0 Å². The summed E-state index contributed by atoms with van der Waals surface area (Å²) in [5.74, 6) is -0.653. The quantitative estimate of drug-likeness (QED) is 0.396. The molecular weight excluding hydrogens is 326 g/mol. The third-order valence-electron chi connectivity index (χ3n) is 2.19. The number of anilines is 1. The summed E-state index contributed by atoms with van der Waals surface area (Å²) < 4.78 is 5.54. The zero-order valence-electron chi connectivity index (χ0n) is 11.4. The number of carbonyl (C=O) groups excluding carboxylic acids is 2. The van der Waals surface area contributed by atoms with E-state index in [0.29, 0.717) is 16.0 Å². The van der Waals surface area contributed by atoms with Crippen LogP contribution < -0.4 is 16.2 Å². The van der Waals surface area contributed by atoms with Crippen LogP contribution in [0.3, 0.4) is 0 Å². The van der Waals surface area contributed by atoms with Gasteiger partial charge in [-0.05, 0) is 12.1 Å². The minimum Gasteiger partial charge on any atom is -0.459 e. The highest BCUT2D eigenvalue weighted by molar-refractivity contribution is 8.01. The summed E-state index contributed by atoms with van der Waals surface area (Å²) in [6.07, 6.45) is 3.09. The largest absolute Gasteiger partial charge is 0.459 e. The van der Waals surface area contributed by atoms with Crippen molar-refractivity contribution in [2.24, 2.45) is 0 Å². The van der Waals surface area contributed by atoms with Gasteiger partial charge in [0.05, 0.1) is 12.0 Å². The molecule has 3 N–H and O–H groups in total. The fourth-order valence-electron chi connectivity index (χ4n) is 1.26. The van der Waals surface area contributed by atoms with Crippen molar-refractivity contribution in [3.05, 3.63) is 36.8 Å². The van der Waals surface area contributed by atoms with Crippen LogP contribution in [0.4, 0.5) is 5.13 Å². The third kappa shape index (κ3) is 4.90. The molecule has 2 rings (SSSR count). The molecule has 0 saturated carbocycles. The van der Waals surface area contributed by atoms with Gasteiger partial charge in [0, 0.05) is 6.54 Å². The SMILES string of the molecule is C=CCNc1nnc(SCC(=O)NNC(=O)c2ccco2)s1. The number of hydrogen-bond donors (Lipinski definition) is 3. The maximum Gasteiger partial charge on any atom is 0.305 e. The van der Waals surface area contributed by atoms with Gasteiger partial charge < -0.3 is 9.73 Å². The molecule has 2 aromatic heterocycles. The van der Waals surface area contributed by atoms with E-state index in [0.717, 1.165) is 0 Å². The van der Waals surface area contributed by atoms with Crippen molar-refractivity contribution in [1.29, 1.82) is 0 Å². The highest BCUT2D eigenvalue weighted by atomic mass is 32.2. The Balaban J connectivity index is 1.70. The van der Waals surface area contributed by atoms with Crippen molar-refractivity contribution in [2.45, 2.75) is 4.34 Å². The van der Waals surface area contributed by atoms with Crippen LogP contribution >= 0.6 is 23.1 Å². The number of hydrazine groups is 1. The van der Waals surface area contributed by atoms with E-state index in [1.807, 2.05) is 0 Å². The van der Waals surface area contributed by atoms with Gasteiger partial charge in [-0.15, -0.1) is 16.8 Å². The second-order valence-corrected chi connectivity index (χ2v) is 6.01. The molecule has 0 spiro atoms. The Morgan fingerprint density at radius 3 is 3.00 bits per heavy atom. The van der Waals surface area contributed by atoms with Gasteiger partial charge in [-0.2, -0.15) is 0 Å². The monoisotopic (exact) mass is 339 g/mol. The Hall–Kier alpha value is -2.33. The van der Waals surface area contributed by atoms with Gasteiger partial charge in [0.15, 0.2) is 10.1 Å². The number of aromatic nitrogens is 2. The topological polar surface area (TPSA) is 109 Å². The predicted molar refractivity (Wildman–Crippen MR) is 83.6 cm³/mol. The Labute approximate surface area is 134 Å². The average Bonchev–Trinajstić information content (AvgIpc) is 3.19. The van der Waals surface area contributed by atoms with E-state index in [-0.39, 0.29) is 17.4 Å². The molecule has 8 nitrogen and oxygen atoms in total. The molecule has 0 atom stereocenters. The van der Waals surface area contributed by atoms with Crippen LogP contribution in [0, 0.1) is 0 Å². The smallest absolute Gasteiger partial charge is 0.305 e. The molecule has 0 aliphatic carbocycles. The van der Waals surface area contributed by atoms with E-state index in [9.17, 15) is 9.59 Å². The van der Waals surface area contributed by atoms with Crippen molar-refractivity contribution >= 4 is 40.0 Å². The molecule has 0 aromatic carbocycles. The van der Waals surface area contributed by atoms with Gasteiger partial charge in [-0.3, -0.25) is 20.4 Å². The van der Waals surface area contributed by atoms with Gasteiger partial charge in [0.2, 0.25) is 11.0 Å². The number of furan rings is 1. The lowest BCUT2D eigenvalue weighted by Gasteiger charge is -2.04. The molecule has 2 amide bonds. The standard InChI is InChI=1S/C12H13N5O3S2/c1-2-5-13-11-16-17-12(22-11)21-7-9(18)14-15-10(19)8-4-3-6-20-8/h2-4,6H,1,5,7H2,(H,13,16)(H,14,18)(H,15,19). The minimum atomic E-state index is -0.518. The summed E-state index contributed by atoms with van der Waals surface area (Å²) in [5, 5.41) is 11.5. The van der Waals surface area contributed by atoms with E-state index in [2.05, 4.69) is 32.9 Å². The number of hydrogen-bond acceptors (Lipinski definition) is 8. The summed E-state index contributed by atoms with van der Waals surface area (Å²) in [6, 6.07) is 3.08. The summed E-state index contributed by atoms with van der Waals surface area (Å²) in [7, 11) is 0. The molecule has 0 fully saturated rings. The lowest BCUT2D eigenvalue weighted by atomic mass is 10.4. The zero-order valence-corrected chi connectivity index (χ0v) is 13.0. The van der Waals surface area contributed by atoms with Crippen molar-refractivity contribution in [2.75, 3.05) is 17.6 Å². The Kier molecular flexibility index (Phi) is 5.98. The lowest BCUT2D eigenvalue weighted by molar-refractivity contribution is -0.119. The van der Waals surface area contributed by atoms with E-state index in [1.54, 1.807) is 12.1 Å². The Morgan fingerprint density at radius 1 is 1.41 bits per heavy atom. The van der Waals surface area contributed by atoms with Gasteiger partial charge >= 0.3 is 5.91 Å². The second kappa shape index (κ2) is 8.20. The first-order valence-electron chi connectivity index (χ1n) is 6.13. The van der Waals surface area contributed by atoms with Crippen LogP contribution in [0.1, 0.15) is 10.6 Å². The highest BCUT2D eigenvalue weighted by Gasteiger charge is 2.11. The first-order chi connectivity index (χ1) is 10.7. The van der Waals surface area contributed by atoms with Crippen LogP contribution in [0.5, 0.6) is 0 Å². The fraction of sp³-hybridized carbons (Fsp3) is 0.167. The summed E-state index contributed by atoms with van der Waals surface area (Å²) >= 11 is 2.56. The maximum atomic E-state index is 11.6. The summed E-state index contributed by atoms with van der Waals surface area (Å²) in [4.78, 5) is 23.1. The fourth-order valence-corrected chi connectivity index (χ4v) is 2.82. The molecule has 0 radical (unpaired) electrons. The van der Waals surface area contributed by atoms with Gasteiger partial charge in [0.25, 0.3) is 0 Å². The number of nitrogens with zero attached hydrogens (tertiary/aromatic N) is 2. The molecule has 2 heterocycles. The number of amides is 2. The lowest BCUT2D eigenvalue weighted by Crippen LogP contribution is -2.42. The molecule has 0 saturated heterocycles. The first kappa shape index (κ1) is 16.0. The predicted octanol–water partition coefficient (Wildman–Crippen LogP) is 1.28. The number of rotatable bonds is 7. The zero-order chi connectivity index (χ0) is 15.8. The van der Waals surface area contributed by atoms with Gasteiger partial charge in [0.1, 0.15) is 0 Å². The van der Waals surface area contributed by atoms with E-state index < -0.39 is 5.91 Å². The molecule has 0 aliphatic heterocycles. The van der Waals surface area contributed by atoms with Crippen molar-refractivity contribution < 1.29 is 14.0 Å². The molecule has 0 unspecified atom stereocenters. The van der Waals surface area contributed by atoms with Gasteiger partial charge in [-0.25, -0.2) is 0 Å². The van der Waals surface area contributed by atoms with E-state index in [1.165, 1.54) is 35.4 Å². The molecular formula is C12H13N5O3S2. The molecule has 2 aromatic rings. The summed E-state index contributed by atoms with van der Waals surface area (Å²) in [5.41, 5.74) is 4.54. The second-order valence-electron chi connectivity index (χ2n) is 3.81. The van der Waals surface area contributed by atoms with Crippen LogP contribution in [0.25, 0.3) is 0 Å². The number of thioether (sulfide) groups is 1. The van der Waals surface area contributed by atoms with Crippen molar-refractivity contribution in [3.8, 4) is 0 Å².